The molecule has 2 aromatic rings. The first-order valence-electron chi connectivity index (χ1n) is 5.78. The van der Waals surface area contributed by atoms with Crippen LogP contribution in [0.3, 0.4) is 0 Å². The molecule has 0 aliphatic heterocycles. The largest absolute Gasteiger partial charge is 0.489 e. The minimum absolute atomic E-state index is 0.261. The first-order valence-corrected chi connectivity index (χ1v) is 7.00. The van der Waals surface area contributed by atoms with Crippen molar-refractivity contribution in [1.29, 1.82) is 0 Å². The zero-order valence-corrected chi connectivity index (χ0v) is 11.3. The van der Waals surface area contributed by atoms with E-state index < -0.39 is 5.97 Å². The highest BCUT2D eigenvalue weighted by Crippen LogP contribution is 2.17. The summed E-state index contributed by atoms with van der Waals surface area (Å²) in [5, 5.41) is 8.79. The van der Waals surface area contributed by atoms with Gasteiger partial charge in [0.25, 0.3) is 0 Å². The molecule has 0 bridgehead atoms. The summed E-state index contributed by atoms with van der Waals surface area (Å²) < 4.78 is 5.60. The van der Waals surface area contributed by atoms with Crippen molar-refractivity contribution in [2.24, 2.45) is 0 Å². The predicted molar refractivity (Wildman–Crippen MR) is 76.0 cm³/mol. The van der Waals surface area contributed by atoms with Gasteiger partial charge in [-0.1, -0.05) is 12.1 Å². The first-order chi connectivity index (χ1) is 9.19. The van der Waals surface area contributed by atoms with Crippen LogP contribution in [0.1, 0.15) is 15.9 Å². The number of rotatable bonds is 5. The predicted octanol–water partition coefficient (Wildman–Crippen LogP) is 3.69. The molecule has 0 saturated carbocycles. The first kappa shape index (κ1) is 13.5. The van der Waals surface area contributed by atoms with Gasteiger partial charge in [-0.25, -0.2) is 4.79 Å². The van der Waals surface area contributed by atoms with Crippen molar-refractivity contribution < 1.29 is 14.6 Å². The molecular weight excluding hydrogens is 260 g/mol. The zero-order chi connectivity index (χ0) is 13.7. The maximum Gasteiger partial charge on any atom is 0.335 e. The number of benzene rings is 2. The summed E-state index contributed by atoms with van der Waals surface area (Å²) in [6.07, 6.45) is 2.04. The van der Waals surface area contributed by atoms with E-state index in [4.69, 9.17) is 9.84 Å². The summed E-state index contributed by atoms with van der Waals surface area (Å²) in [5.74, 6) is -0.266. The van der Waals surface area contributed by atoms with Gasteiger partial charge in [-0.3, -0.25) is 0 Å². The zero-order valence-electron chi connectivity index (χ0n) is 10.5. The van der Waals surface area contributed by atoms with Gasteiger partial charge < -0.3 is 9.84 Å². The Morgan fingerprint density at radius 3 is 2.26 bits per heavy atom. The van der Waals surface area contributed by atoms with E-state index in [0.29, 0.717) is 12.4 Å². The average Bonchev–Trinajstić information content (AvgIpc) is 2.46. The number of carbonyl (C=O) groups is 1. The van der Waals surface area contributed by atoms with Gasteiger partial charge in [0, 0.05) is 4.90 Å². The fourth-order valence-corrected chi connectivity index (χ4v) is 1.99. The number of hydrogen-bond donors (Lipinski definition) is 1. The van der Waals surface area contributed by atoms with Crippen LogP contribution < -0.4 is 4.74 Å². The molecule has 4 heteroatoms. The third kappa shape index (κ3) is 3.76. The molecule has 2 aromatic carbocycles. The average molecular weight is 274 g/mol. The quantitative estimate of drug-likeness (QED) is 0.845. The van der Waals surface area contributed by atoms with Crippen molar-refractivity contribution in [3.63, 3.8) is 0 Å². The van der Waals surface area contributed by atoms with Crippen LogP contribution in [-0.4, -0.2) is 17.3 Å². The lowest BCUT2D eigenvalue weighted by Crippen LogP contribution is -1.98. The number of ether oxygens (including phenoxy) is 1. The number of carboxylic acids is 1. The standard InChI is InChI=1S/C15H14O3S/c1-19-14-8-2-11(3-9-14)10-18-13-6-4-12(5-7-13)15(16)17/h2-9H,10H2,1H3,(H,16,17). The molecule has 98 valence electrons. The van der Waals surface area contributed by atoms with Crippen molar-refractivity contribution in [3.8, 4) is 5.75 Å². The van der Waals surface area contributed by atoms with Crippen molar-refractivity contribution in [1.82, 2.24) is 0 Å². The normalized spacial score (nSPS) is 10.2. The minimum Gasteiger partial charge on any atom is -0.489 e. The molecule has 0 radical (unpaired) electrons. The lowest BCUT2D eigenvalue weighted by atomic mass is 10.2. The highest BCUT2D eigenvalue weighted by atomic mass is 32.2. The number of hydrogen-bond acceptors (Lipinski definition) is 3. The Bertz CT molecular complexity index is 547. The van der Waals surface area contributed by atoms with E-state index in [-0.39, 0.29) is 5.56 Å². The Hall–Kier alpha value is -1.94. The van der Waals surface area contributed by atoms with Gasteiger partial charge in [0.05, 0.1) is 5.56 Å². The van der Waals surface area contributed by atoms with E-state index in [2.05, 4.69) is 12.1 Å². The molecule has 2 rings (SSSR count). The second-order valence-corrected chi connectivity index (χ2v) is 4.85. The van der Waals surface area contributed by atoms with Crippen molar-refractivity contribution in [3.05, 3.63) is 59.7 Å². The molecule has 0 spiro atoms. The molecule has 0 saturated heterocycles. The summed E-state index contributed by atoms with van der Waals surface area (Å²) >= 11 is 1.70. The van der Waals surface area contributed by atoms with Crippen molar-refractivity contribution >= 4 is 17.7 Å². The van der Waals surface area contributed by atoms with Gasteiger partial charge in [-0.2, -0.15) is 0 Å². The van der Waals surface area contributed by atoms with Gasteiger partial charge in [0.2, 0.25) is 0 Å². The summed E-state index contributed by atoms with van der Waals surface area (Å²) in [5.41, 5.74) is 1.34. The van der Waals surface area contributed by atoms with Crippen LogP contribution in [0, 0.1) is 0 Å². The Labute approximate surface area is 116 Å². The molecule has 0 unspecified atom stereocenters. The molecule has 0 aliphatic rings. The molecule has 3 nitrogen and oxygen atoms in total. The van der Waals surface area contributed by atoms with Crippen LogP contribution in [0.5, 0.6) is 5.75 Å². The Balaban J connectivity index is 1.95. The molecule has 0 heterocycles. The van der Waals surface area contributed by atoms with Crippen LogP contribution in [-0.2, 0) is 6.61 Å². The highest BCUT2D eigenvalue weighted by Gasteiger charge is 2.02. The SMILES string of the molecule is CSc1ccc(COc2ccc(C(=O)O)cc2)cc1. The van der Waals surface area contributed by atoms with Crippen molar-refractivity contribution in [2.45, 2.75) is 11.5 Å². The summed E-state index contributed by atoms with van der Waals surface area (Å²) in [4.78, 5) is 11.9. The maximum atomic E-state index is 10.7. The van der Waals surface area contributed by atoms with E-state index in [0.717, 1.165) is 5.56 Å². The Morgan fingerprint density at radius 2 is 1.74 bits per heavy atom. The molecule has 1 N–H and O–H groups in total. The number of aromatic carboxylic acids is 1. The smallest absolute Gasteiger partial charge is 0.335 e. The van der Waals surface area contributed by atoms with E-state index in [9.17, 15) is 4.79 Å². The molecule has 19 heavy (non-hydrogen) atoms. The minimum atomic E-state index is -0.931. The molecule has 0 aliphatic carbocycles. The fourth-order valence-electron chi connectivity index (χ4n) is 1.58. The highest BCUT2D eigenvalue weighted by molar-refractivity contribution is 7.98. The van der Waals surface area contributed by atoms with Gasteiger partial charge in [-0.05, 0) is 48.2 Å². The Morgan fingerprint density at radius 1 is 1.11 bits per heavy atom. The molecular formula is C15H14O3S. The Kier molecular flexibility index (Phi) is 4.47. The van der Waals surface area contributed by atoms with Crippen LogP contribution in [0.15, 0.2) is 53.4 Å². The summed E-state index contributed by atoms with van der Waals surface area (Å²) in [6, 6.07) is 14.6. The van der Waals surface area contributed by atoms with Gasteiger partial charge >= 0.3 is 5.97 Å². The molecule has 0 aromatic heterocycles. The number of thioether (sulfide) groups is 1. The summed E-state index contributed by atoms with van der Waals surface area (Å²) in [7, 11) is 0. The van der Waals surface area contributed by atoms with Gasteiger partial charge in [0.1, 0.15) is 12.4 Å². The maximum absolute atomic E-state index is 10.7. The van der Waals surface area contributed by atoms with Crippen molar-refractivity contribution in [2.75, 3.05) is 6.26 Å². The second kappa shape index (κ2) is 6.29. The van der Waals surface area contributed by atoms with E-state index in [1.54, 1.807) is 23.9 Å². The van der Waals surface area contributed by atoms with E-state index in [1.165, 1.54) is 17.0 Å². The second-order valence-electron chi connectivity index (χ2n) is 3.97. The van der Waals surface area contributed by atoms with Crippen LogP contribution in [0.4, 0.5) is 0 Å². The van der Waals surface area contributed by atoms with E-state index >= 15 is 0 Å². The lowest BCUT2D eigenvalue weighted by molar-refractivity contribution is 0.0697. The van der Waals surface area contributed by atoms with Crippen LogP contribution in [0.25, 0.3) is 0 Å². The third-order valence-corrected chi connectivity index (χ3v) is 3.41. The van der Waals surface area contributed by atoms with E-state index in [1.807, 2.05) is 18.4 Å². The van der Waals surface area contributed by atoms with Crippen LogP contribution >= 0.6 is 11.8 Å². The summed E-state index contributed by atoms with van der Waals surface area (Å²) in [6.45, 7) is 0.473. The fraction of sp³-hybridized carbons (Fsp3) is 0.133. The van der Waals surface area contributed by atoms with Crippen LogP contribution in [0.2, 0.25) is 0 Å². The lowest BCUT2D eigenvalue weighted by Gasteiger charge is -2.07. The number of carboxylic acid groups (broad SMARTS) is 1. The topological polar surface area (TPSA) is 46.5 Å². The van der Waals surface area contributed by atoms with Gasteiger partial charge in [-0.15, -0.1) is 11.8 Å². The third-order valence-electron chi connectivity index (χ3n) is 2.67. The molecule has 0 atom stereocenters. The molecule has 0 fully saturated rings. The molecule has 0 amide bonds. The monoisotopic (exact) mass is 274 g/mol. The van der Waals surface area contributed by atoms with Gasteiger partial charge in [0.15, 0.2) is 0 Å².